The highest BCUT2D eigenvalue weighted by Crippen LogP contribution is 2.47. The van der Waals surface area contributed by atoms with Crippen LogP contribution in [0.4, 0.5) is 13.2 Å². The molecule has 0 aliphatic heterocycles. The highest BCUT2D eigenvalue weighted by atomic mass is 19.4. The molecule has 26 heavy (non-hydrogen) atoms. The van der Waals surface area contributed by atoms with Crippen LogP contribution in [0.15, 0.2) is 42.7 Å². The van der Waals surface area contributed by atoms with Gasteiger partial charge in [-0.1, -0.05) is 30.3 Å². The minimum atomic E-state index is -4.43. The summed E-state index contributed by atoms with van der Waals surface area (Å²) in [6.07, 6.45) is -1.20. The first-order chi connectivity index (χ1) is 12.3. The molecule has 138 valence electrons. The van der Waals surface area contributed by atoms with Gasteiger partial charge in [-0.05, 0) is 24.8 Å². The van der Waals surface area contributed by atoms with Crippen molar-refractivity contribution in [3.05, 3.63) is 54.0 Å². The second-order valence-corrected chi connectivity index (χ2v) is 6.27. The molecule has 2 aromatic rings. The van der Waals surface area contributed by atoms with Crippen molar-refractivity contribution in [2.24, 2.45) is 5.92 Å². The number of amides is 1. The Bertz CT molecular complexity index is 751. The van der Waals surface area contributed by atoms with E-state index < -0.39 is 18.8 Å². The van der Waals surface area contributed by atoms with Gasteiger partial charge < -0.3 is 10.1 Å². The minimum Gasteiger partial charge on any atom is -0.467 e. The first-order valence-electron chi connectivity index (χ1n) is 8.20. The minimum absolute atomic E-state index is 0.0643. The van der Waals surface area contributed by atoms with Gasteiger partial charge in [0.15, 0.2) is 6.61 Å². The van der Waals surface area contributed by atoms with Crippen molar-refractivity contribution >= 4 is 5.91 Å². The van der Waals surface area contributed by atoms with E-state index >= 15 is 0 Å². The molecule has 1 heterocycles. The van der Waals surface area contributed by atoms with Crippen LogP contribution in [0.5, 0.6) is 5.88 Å². The molecule has 1 amide bonds. The molecular formula is C18H18F3N3O2. The first-order valence-corrected chi connectivity index (χ1v) is 8.20. The summed E-state index contributed by atoms with van der Waals surface area (Å²) < 4.78 is 40.8. The lowest BCUT2D eigenvalue weighted by Gasteiger charge is -2.14. The molecule has 0 spiro atoms. The number of rotatable bonds is 6. The van der Waals surface area contributed by atoms with Gasteiger partial charge >= 0.3 is 6.18 Å². The Labute approximate surface area is 148 Å². The van der Waals surface area contributed by atoms with E-state index in [-0.39, 0.29) is 23.6 Å². The van der Waals surface area contributed by atoms with Gasteiger partial charge in [-0.15, -0.1) is 0 Å². The van der Waals surface area contributed by atoms with E-state index in [2.05, 4.69) is 20.0 Å². The first kappa shape index (κ1) is 18.2. The molecule has 1 aromatic carbocycles. The number of nitrogens with one attached hydrogen (secondary N) is 1. The van der Waals surface area contributed by atoms with Crippen molar-refractivity contribution in [2.75, 3.05) is 6.61 Å². The quantitative estimate of drug-likeness (QED) is 0.852. The molecule has 0 saturated heterocycles. The van der Waals surface area contributed by atoms with Crippen molar-refractivity contribution in [2.45, 2.75) is 31.5 Å². The van der Waals surface area contributed by atoms with Crippen molar-refractivity contribution in [1.82, 2.24) is 15.3 Å². The second-order valence-electron chi connectivity index (χ2n) is 6.27. The monoisotopic (exact) mass is 365 g/mol. The Kier molecular flexibility index (Phi) is 5.11. The number of carbonyl (C=O) groups is 1. The molecule has 0 radical (unpaired) electrons. The maximum Gasteiger partial charge on any atom is 0.422 e. The normalized spacial score (nSPS) is 20.3. The Morgan fingerprint density at radius 3 is 2.62 bits per heavy atom. The lowest BCUT2D eigenvalue weighted by atomic mass is 10.1. The number of ether oxygens (including phenoxy) is 1. The predicted octanol–water partition coefficient (Wildman–Crippen LogP) is 3.40. The van der Waals surface area contributed by atoms with E-state index in [9.17, 15) is 18.0 Å². The topological polar surface area (TPSA) is 64.1 Å². The third kappa shape index (κ3) is 4.71. The van der Waals surface area contributed by atoms with E-state index in [0.29, 0.717) is 5.69 Å². The number of alkyl halides is 3. The molecule has 5 nitrogen and oxygen atoms in total. The van der Waals surface area contributed by atoms with E-state index in [1.807, 2.05) is 30.3 Å². The highest BCUT2D eigenvalue weighted by Gasteiger charge is 2.44. The Morgan fingerprint density at radius 2 is 2.00 bits per heavy atom. The van der Waals surface area contributed by atoms with Crippen LogP contribution >= 0.6 is 0 Å². The standard InChI is InChI=1S/C18H18F3N3O2/c1-11(15-8-23-16(9-22-15)26-10-18(19,20)21)24-17(25)14-7-13(14)12-5-3-2-4-6-12/h2-6,8-9,11,13-14H,7,10H2,1H3,(H,24,25)/t11?,13-,14+/m0/s1. The third-order valence-electron chi connectivity index (χ3n) is 4.19. The van der Waals surface area contributed by atoms with Crippen LogP contribution in [0, 0.1) is 5.92 Å². The summed E-state index contributed by atoms with van der Waals surface area (Å²) in [5.41, 5.74) is 1.60. The van der Waals surface area contributed by atoms with Crippen LogP contribution in [0.2, 0.25) is 0 Å². The largest absolute Gasteiger partial charge is 0.467 e. The number of carbonyl (C=O) groups excluding carboxylic acids is 1. The number of benzene rings is 1. The van der Waals surface area contributed by atoms with Crippen LogP contribution in [0.25, 0.3) is 0 Å². The molecule has 1 unspecified atom stereocenters. The van der Waals surface area contributed by atoms with Crippen LogP contribution in [-0.4, -0.2) is 28.7 Å². The van der Waals surface area contributed by atoms with Crippen molar-refractivity contribution in [3.63, 3.8) is 0 Å². The van der Waals surface area contributed by atoms with Crippen molar-refractivity contribution in [3.8, 4) is 5.88 Å². The fourth-order valence-electron chi connectivity index (χ4n) is 2.73. The van der Waals surface area contributed by atoms with E-state index in [1.165, 1.54) is 6.20 Å². The fourth-order valence-corrected chi connectivity index (χ4v) is 2.73. The number of hydrogen-bond donors (Lipinski definition) is 1. The molecular weight excluding hydrogens is 347 g/mol. The maximum absolute atomic E-state index is 12.3. The molecule has 0 bridgehead atoms. The zero-order chi connectivity index (χ0) is 18.7. The zero-order valence-electron chi connectivity index (χ0n) is 14.0. The summed E-state index contributed by atoms with van der Waals surface area (Å²) in [7, 11) is 0. The molecule has 8 heteroatoms. The number of nitrogens with zero attached hydrogens (tertiary/aromatic N) is 2. The average molecular weight is 365 g/mol. The lowest BCUT2D eigenvalue weighted by Crippen LogP contribution is -2.29. The van der Waals surface area contributed by atoms with Gasteiger partial charge in [-0.3, -0.25) is 9.78 Å². The predicted molar refractivity (Wildman–Crippen MR) is 87.4 cm³/mol. The van der Waals surface area contributed by atoms with Crippen LogP contribution < -0.4 is 10.1 Å². The Hall–Kier alpha value is -2.64. The number of halogens is 3. The highest BCUT2D eigenvalue weighted by molar-refractivity contribution is 5.83. The summed E-state index contributed by atoms with van der Waals surface area (Å²) >= 11 is 0. The zero-order valence-corrected chi connectivity index (χ0v) is 14.0. The Balaban J connectivity index is 1.52. The van der Waals surface area contributed by atoms with Crippen LogP contribution in [0.1, 0.15) is 36.6 Å². The molecule has 1 N–H and O–H groups in total. The van der Waals surface area contributed by atoms with Crippen LogP contribution in [-0.2, 0) is 4.79 Å². The summed E-state index contributed by atoms with van der Waals surface area (Å²) in [5.74, 6) is -0.115. The molecule has 1 aliphatic rings. The second kappa shape index (κ2) is 7.31. The summed E-state index contributed by atoms with van der Waals surface area (Å²) in [5, 5.41) is 2.87. The van der Waals surface area contributed by atoms with E-state index in [4.69, 9.17) is 0 Å². The molecule has 1 saturated carbocycles. The average Bonchev–Trinajstić information content (AvgIpc) is 3.41. The molecule has 1 aromatic heterocycles. The van der Waals surface area contributed by atoms with Gasteiger partial charge in [-0.25, -0.2) is 4.98 Å². The van der Waals surface area contributed by atoms with Gasteiger partial charge in [0.2, 0.25) is 11.8 Å². The number of hydrogen-bond acceptors (Lipinski definition) is 4. The van der Waals surface area contributed by atoms with Crippen LogP contribution in [0.3, 0.4) is 0 Å². The van der Waals surface area contributed by atoms with Crippen molar-refractivity contribution < 1.29 is 22.7 Å². The maximum atomic E-state index is 12.3. The SMILES string of the molecule is CC(NC(=O)[C@@H]1C[C@H]1c1ccccc1)c1cnc(OCC(F)(F)F)cn1. The van der Waals surface area contributed by atoms with Gasteiger partial charge in [0.25, 0.3) is 0 Å². The van der Waals surface area contributed by atoms with Gasteiger partial charge in [-0.2, -0.15) is 13.2 Å². The summed E-state index contributed by atoms with van der Waals surface area (Å²) in [6.45, 7) is 0.327. The van der Waals surface area contributed by atoms with Gasteiger partial charge in [0.1, 0.15) is 0 Å². The van der Waals surface area contributed by atoms with Gasteiger partial charge in [0.05, 0.1) is 24.1 Å². The third-order valence-corrected chi connectivity index (χ3v) is 4.19. The molecule has 3 rings (SSSR count). The van der Waals surface area contributed by atoms with Crippen molar-refractivity contribution in [1.29, 1.82) is 0 Å². The summed E-state index contributed by atoms with van der Waals surface area (Å²) in [6, 6.07) is 9.44. The smallest absolute Gasteiger partial charge is 0.422 e. The Morgan fingerprint density at radius 1 is 1.27 bits per heavy atom. The van der Waals surface area contributed by atoms with E-state index in [0.717, 1.165) is 18.2 Å². The number of aromatic nitrogens is 2. The van der Waals surface area contributed by atoms with E-state index in [1.54, 1.807) is 6.92 Å². The van der Waals surface area contributed by atoms with Gasteiger partial charge in [0, 0.05) is 5.92 Å². The fraction of sp³-hybridized carbons (Fsp3) is 0.389. The molecule has 3 atom stereocenters. The molecule has 1 aliphatic carbocycles. The molecule has 1 fully saturated rings. The summed E-state index contributed by atoms with van der Waals surface area (Å²) in [4.78, 5) is 20.2. The lowest BCUT2D eigenvalue weighted by molar-refractivity contribution is -0.154.